The summed E-state index contributed by atoms with van der Waals surface area (Å²) in [5.74, 6) is -1.69. The summed E-state index contributed by atoms with van der Waals surface area (Å²) in [7, 11) is 0. The highest BCUT2D eigenvalue weighted by Gasteiger charge is 2.59. The van der Waals surface area contributed by atoms with Gasteiger partial charge in [0.2, 0.25) is 11.8 Å². The Morgan fingerprint density at radius 2 is 1.76 bits per heavy atom. The molecule has 1 aromatic carbocycles. The molecule has 2 aromatic heterocycles. The van der Waals surface area contributed by atoms with Crippen LogP contribution >= 0.6 is 23.2 Å². The third kappa shape index (κ3) is 5.49. The highest BCUT2D eigenvalue weighted by molar-refractivity contribution is 6.31. The molecule has 3 rings (SSSR count). The number of nitrogens with zero attached hydrogens (tertiary/aromatic N) is 3. The molecule has 0 saturated carbocycles. The summed E-state index contributed by atoms with van der Waals surface area (Å²) in [6, 6.07) is 8.81. The molecule has 0 aliphatic carbocycles. The van der Waals surface area contributed by atoms with Gasteiger partial charge < -0.3 is 19.7 Å². The first-order chi connectivity index (χ1) is 15.9. The molecule has 2 atom stereocenters. The Labute approximate surface area is 200 Å². The van der Waals surface area contributed by atoms with Gasteiger partial charge in [-0.2, -0.15) is 13.2 Å². The van der Waals surface area contributed by atoms with E-state index >= 15 is 0 Å². The summed E-state index contributed by atoms with van der Waals surface area (Å²) in [5.41, 5.74) is -3.20. The van der Waals surface area contributed by atoms with E-state index < -0.39 is 29.4 Å². The number of rotatable bonds is 7. The van der Waals surface area contributed by atoms with Gasteiger partial charge in [-0.25, -0.2) is 9.78 Å². The van der Waals surface area contributed by atoms with Gasteiger partial charge in [-0.1, -0.05) is 42.3 Å². The van der Waals surface area contributed by atoms with Crippen molar-refractivity contribution in [1.29, 1.82) is 0 Å². The number of benzene rings is 1. The number of pyridine rings is 1. The first-order valence-corrected chi connectivity index (χ1v) is 10.2. The molecule has 34 heavy (non-hydrogen) atoms. The quantitative estimate of drug-likeness (QED) is 0.317. The molecule has 13 heteroatoms. The number of aliphatic hydroxyl groups is 1. The lowest BCUT2D eigenvalue weighted by atomic mass is 9.78. The fourth-order valence-electron chi connectivity index (χ4n) is 3.22. The van der Waals surface area contributed by atoms with Crippen molar-refractivity contribution in [3.05, 3.63) is 75.5 Å². The Morgan fingerprint density at radius 1 is 1.09 bits per heavy atom. The second kappa shape index (κ2) is 10.00. The Morgan fingerprint density at radius 3 is 2.32 bits per heavy atom. The standard InChI is InChI=1S/C21H16Cl2F3N3O5/c1-11(20(32,21(24,25)26)13-6-7-27-16(23)9-13)14-3-2-12(8-15(14)22)10-33-17-4-5-18(29-28-17)34-19(30)31/h2-9,11,32H,10H2,1H3,(H,30,31). The molecular formula is C21H16Cl2F3N3O5. The minimum atomic E-state index is -5.04. The normalized spacial score (nSPS) is 14.2. The van der Waals surface area contributed by atoms with Crippen molar-refractivity contribution in [2.75, 3.05) is 0 Å². The fraction of sp³-hybridized carbons (Fsp3) is 0.238. The van der Waals surface area contributed by atoms with Crippen LogP contribution in [0.3, 0.4) is 0 Å². The summed E-state index contributed by atoms with van der Waals surface area (Å²) in [6.07, 6.45) is -5.51. The van der Waals surface area contributed by atoms with E-state index in [2.05, 4.69) is 19.9 Å². The van der Waals surface area contributed by atoms with Crippen LogP contribution in [0, 0.1) is 0 Å². The van der Waals surface area contributed by atoms with E-state index in [0.29, 0.717) is 5.56 Å². The topological polar surface area (TPSA) is 115 Å². The van der Waals surface area contributed by atoms with Gasteiger partial charge in [0.1, 0.15) is 11.8 Å². The average Bonchev–Trinajstić information content (AvgIpc) is 2.76. The van der Waals surface area contributed by atoms with Crippen LogP contribution in [0.4, 0.5) is 18.0 Å². The van der Waals surface area contributed by atoms with Crippen molar-refractivity contribution >= 4 is 29.4 Å². The lowest BCUT2D eigenvalue weighted by Gasteiger charge is -2.37. The molecule has 0 radical (unpaired) electrons. The smallest absolute Gasteiger partial charge is 0.472 e. The zero-order valence-electron chi connectivity index (χ0n) is 17.3. The van der Waals surface area contributed by atoms with Crippen LogP contribution in [0.1, 0.15) is 29.5 Å². The van der Waals surface area contributed by atoms with Gasteiger partial charge in [-0.3, -0.25) is 0 Å². The third-order valence-corrected chi connectivity index (χ3v) is 5.49. The second-order valence-electron chi connectivity index (χ2n) is 7.08. The fourth-order valence-corrected chi connectivity index (χ4v) is 3.76. The highest BCUT2D eigenvalue weighted by atomic mass is 35.5. The van der Waals surface area contributed by atoms with Crippen molar-refractivity contribution < 1.29 is 37.7 Å². The van der Waals surface area contributed by atoms with Crippen LogP contribution < -0.4 is 9.47 Å². The predicted molar refractivity (Wildman–Crippen MR) is 114 cm³/mol. The van der Waals surface area contributed by atoms with Gasteiger partial charge in [-0.15, -0.1) is 10.2 Å². The second-order valence-corrected chi connectivity index (χ2v) is 7.87. The summed E-state index contributed by atoms with van der Waals surface area (Å²) in [4.78, 5) is 14.1. The van der Waals surface area contributed by atoms with Gasteiger partial charge >= 0.3 is 12.3 Å². The largest absolute Gasteiger partial charge is 0.512 e. The van der Waals surface area contributed by atoms with Crippen molar-refractivity contribution in [3.63, 3.8) is 0 Å². The first-order valence-electron chi connectivity index (χ1n) is 9.48. The number of carbonyl (C=O) groups is 1. The van der Waals surface area contributed by atoms with E-state index in [0.717, 1.165) is 18.3 Å². The van der Waals surface area contributed by atoms with Crippen molar-refractivity contribution in [2.45, 2.75) is 31.2 Å². The molecule has 0 aliphatic rings. The minimum absolute atomic E-state index is 0.0206. The zero-order valence-corrected chi connectivity index (χ0v) is 18.8. The van der Waals surface area contributed by atoms with Gasteiger partial charge in [-0.05, 0) is 34.9 Å². The molecule has 180 valence electrons. The maximum absolute atomic E-state index is 14.0. The maximum atomic E-state index is 14.0. The molecule has 2 unspecified atom stereocenters. The van der Waals surface area contributed by atoms with Gasteiger partial charge in [0.15, 0.2) is 5.60 Å². The number of hydrogen-bond donors (Lipinski definition) is 2. The Balaban J connectivity index is 1.81. The zero-order chi connectivity index (χ0) is 25.1. The number of hydrogen-bond acceptors (Lipinski definition) is 7. The molecule has 0 bridgehead atoms. The maximum Gasteiger partial charge on any atom is 0.512 e. The van der Waals surface area contributed by atoms with E-state index in [1.54, 1.807) is 0 Å². The van der Waals surface area contributed by atoms with E-state index in [1.165, 1.54) is 37.3 Å². The van der Waals surface area contributed by atoms with Crippen LogP contribution in [0.25, 0.3) is 0 Å². The molecule has 2 N–H and O–H groups in total. The molecule has 0 aliphatic heterocycles. The lowest BCUT2D eigenvalue weighted by molar-refractivity contribution is -0.274. The number of halogens is 5. The van der Waals surface area contributed by atoms with Gasteiger partial charge in [0.05, 0.1) is 0 Å². The Bertz CT molecular complexity index is 1180. The Kier molecular flexibility index (Phi) is 7.49. The van der Waals surface area contributed by atoms with Crippen LogP contribution in [0.5, 0.6) is 11.8 Å². The Hall–Kier alpha value is -3.15. The van der Waals surface area contributed by atoms with Gasteiger partial charge in [0.25, 0.3) is 0 Å². The molecule has 0 saturated heterocycles. The van der Waals surface area contributed by atoms with Crippen molar-refractivity contribution in [3.8, 4) is 11.8 Å². The van der Waals surface area contributed by atoms with Crippen molar-refractivity contribution in [1.82, 2.24) is 15.2 Å². The molecule has 3 aromatic rings. The average molecular weight is 518 g/mol. The number of ether oxygens (including phenoxy) is 2. The predicted octanol–water partition coefficient (Wildman–Crippen LogP) is 5.37. The molecule has 0 amide bonds. The van der Waals surface area contributed by atoms with Gasteiger partial charge in [0, 0.05) is 29.3 Å². The molecule has 2 heterocycles. The summed E-state index contributed by atoms with van der Waals surface area (Å²) in [5, 5.41) is 26.3. The summed E-state index contributed by atoms with van der Waals surface area (Å²) >= 11 is 12.0. The number of carboxylic acid groups (broad SMARTS) is 1. The van der Waals surface area contributed by atoms with Crippen LogP contribution in [0.15, 0.2) is 48.7 Å². The molecule has 8 nitrogen and oxygen atoms in total. The SMILES string of the molecule is CC(c1ccc(COc2ccc(OC(=O)O)nn2)cc1Cl)C(O)(c1ccnc(Cl)c1)C(F)(F)F. The minimum Gasteiger partial charge on any atom is -0.472 e. The van der Waals surface area contributed by atoms with Crippen molar-refractivity contribution in [2.24, 2.45) is 0 Å². The number of alkyl halides is 3. The molecular weight excluding hydrogens is 502 g/mol. The molecule has 0 fully saturated rings. The van der Waals surface area contributed by atoms with E-state index in [4.69, 9.17) is 33.0 Å². The third-order valence-electron chi connectivity index (χ3n) is 4.95. The van der Waals surface area contributed by atoms with Crippen LogP contribution in [0.2, 0.25) is 10.2 Å². The number of aromatic nitrogens is 3. The highest BCUT2D eigenvalue weighted by Crippen LogP contribution is 2.50. The van der Waals surface area contributed by atoms with Crippen LogP contribution in [-0.4, -0.2) is 37.7 Å². The first kappa shape index (κ1) is 25.5. The summed E-state index contributed by atoms with van der Waals surface area (Å²) in [6.45, 7) is 1.14. The summed E-state index contributed by atoms with van der Waals surface area (Å²) < 4.78 is 51.9. The monoisotopic (exact) mass is 517 g/mol. The van der Waals surface area contributed by atoms with E-state index in [9.17, 15) is 23.1 Å². The van der Waals surface area contributed by atoms with Crippen LogP contribution in [-0.2, 0) is 12.2 Å². The van der Waals surface area contributed by atoms with E-state index in [1.807, 2.05) is 0 Å². The molecule has 0 spiro atoms. The lowest BCUT2D eigenvalue weighted by Crippen LogP contribution is -2.46. The van der Waals surface area contributed by atoms with E-state index in [-0.39, 0.29) is 34.1 Å².